The highest BCUT2D eigenvalue weighted by Gasteiger charge is 2.13. The highest BCUT2D eigenvalue weighted by Crippen LogP contribution is 2.37. The van der Waals surface area contributed by atoms with Crippen LogP contribution in [0.1, 0.15) is 0 Å². The van der Waals surface area contributed by atoms with E-state index in [2.05, 4.69) is 126 Å². The molecule has 2 aromatic heterocycles. The minimum atomic E-state index is 0.965. The summed E-state index contributed by atoms with van der Waals surface area (Å²) in [6.45, 7) is 0. The van der Waals surface area contributed by atoms with Crippen molar-refractivity contribution in [3.05, 3.63) is 134 Å². The normalized spacial score (nSPS) is 11.3. The third kappa shape index (κ3) is 3.43. The predicted molar refractivity (Wildman–Crippen MR) is 151 cm³/mol. The Kier molecular flexibility index (Phi) is 4.82. The molecular weight excluding hydrogens is 436 g/mol. The molecular formula is C34H22N2. The molecule has 0 spiro atoms. The highest BCUT2D eigenvalue weighted by atomic mass is 14.7. The molecule has 0 saturated heterocycles. The van der Waals surface area contributed by atoms with Gasteiger partial charge in [-0.2, -0.15) is 0 Å². The fraction of sp³-hybridized carbons (Fsp3) is 0. The fourth-order valence-electron chi connectivity index (χ4n) is 5.18. The maximum Gasteiger partial charge on any atom is 0.0780 e. The van der Waals surface area contributed by atoms with Gasteiger partial charge in [0, 0.05) is 28.1 Å². The summed E-state index contributed by atoms with van der Waals surface area (Å²) >= 11 is 0. The number of para-hydroxylation sites is 1. The molecule has 7 aromatic rings. The van der Waals surface area contributed by atoms with E-state index in [4.69, 9.17) is 4.98 Å². The Morgan fingerprint density at radius 1 is 0.472 bits per heavy atom. The second kappa shape index (κ2) is 8.44. The van der Waals surface area contributed by atoms with Gasteiger partial charge in [-0.15, -0.1) is 0 Å². The molecule has 0 unspecified atom stereocenters. The predicted octanol–water partition coefficient (Wildman–Crippen LogP) is 8.94. The number of benzene rings is 5. The SMILES string of the molecule is c1ccc(-c2cc(-c3cccc(-c4cccc5cccnc45)c3)nc3ccc4ccccc4c23)cc1. The van der Waals surface area contributed by atoms with Crippen molar-refractivity contribution < 1.29 is 0 Å². The van der Waals surface area contributed by atoms with Crippen LogP contribution in [0.25, 0.3) is 66.1 Å². The number of fused-ring (bicyclic) bond motifs is 4. The van der Waals surface area contributed by atoms with Gasteiger partial charge in [0.25, 0.3) is 0 Å². The molecule has 0 aliphatic carbocycles. The van der Waals surface area contributed by atoms with Crippen LogP contribution < -0.4 is 0 Å². The van der Waals surface area contributed by atoms with Crippen LogP contribution in [0.3, 0.4) is 0 Å². The van der Waals surface area contributed by atoms with E-state index in [-0.39, 0.29) is 0 Å². The summed E-state index contributed by atoms with van der Waals surface area (Å²) in [6, 6.07) is 44.8. The van der Waals surface area contributed by atoms with E-state index in [1.807, 2.05) is 12.3 Å². The summed E-state index contributed by atoms with van der Waals surface area (Å²) in [5.74, 6) is 0. The number of pyridine rings is 2. The molecule has 7 rings (SSSR count). The largest absolute Gasteiger partial charge is 0.256 e. The van der Waals surface area contributed by atoms with Gasteiger partial charge >= 0.3 is 0 Å². The van der Waals surface area contributed by atoms with E-state index in [0.717, 1.165) is 38.8 Å². The minimum absolute atomic E-state index is 0.965. The van der Waals surface area contributed by atoms with Crippen molar-refractivity contribution >= 4 is 32.6 Å². The number of aromatic nitrogens is 2. The molecule has 168 valence electrons. The van der Waals surface area contributed by atoms with E-state index in [0.29, 0.717) is 0 Å². The number of hydrogen-bond acceptors (Lipinski definition) is 2. The molecule has 0 fully saturated rings. The maximum atomic E-state index is 5.16. The van der Waals surface area contributed by atoms with Gasteiger partial charge in [0.2, 0.25) is 0 Å². The first-order valence-corrected chi connectivity index (χ1v) is 12.2. The molecule has 0 saturated carbocycles. The van der Waals surface area contributed by atoms with Gasteiger partial charge in [0.1, 0.15) is 0 Å². The Labute approximate surface area is 209 Å². The molecule has 0 aliphatic rings. The maximum absolute atomic E-state index is 5.16. The highest BCUT2D eigenvalue weighted by molar-refractivity contribution is 6.13. The molecule has 0 bridgehead atoms. The van der Waals surface area contributed by atoms with E-state index in [1.165, 1.54) is 27.3 Å². The smallest absolute Gasteiger partial charge is 0.0780 e. The summed E-state index contributed by atoms with van der Waals surface area (Å²) in [5.41, 5.74) is 8.73. The Balaban J connectivity index is 1.47. The van der Waals surface area contributed by atoms with Crippen molar-refractivity contribution in [3.63, 3.8) is 0 Å². The first-order valence-electron chi connectivity index (χ1n) is 12.2. The summed E-state index contributed by atoms with van der Waals surface area (Å²) in [7, 11) is 0. The molecule has 0 aliphatic heterocycles. The lowest BCUT2D eigenvalue weighted by molar-refractivity contribution is 1.39. The van der Waals surface area contributed by atoms with Gasteiger partial charge in [-0.3, -0.25) is 4.98 Å². The Bertz CT molecular complexity index is 1880. The van der Waals surface area contributed by atoms with E-state index in [9.17, 15) is 0 Å². The summed E-state index contributed by atoms with van der Waals surface area (Å²) in [4.78, 5) is 9.83. The molecule has 2 heterocycles. The van der Waals surface area contributed by atoms with Gasteiger partial charge in [-0.1, -0.05) is 103 Å². The molecule has 0 radical (unpaired) electrons. The zero-order valence-corrected chi connectivity index (χ0v) is 19.6. The average molecular weight is 459 g/mol. The zero-order chi connectivity index (χ0) is 23.9. The van der Waals surface area contributed by atoms with E-state index >= 15 is 0 Å². The lowest BCUT2D eigenvalue weighted by Gasteiger charge is -2.14. The fourth-order valence-corrected chi connectivity index (χ4v) is 5.18. The third-order valence-corrected chi connectivity index (χ3v) is 6.89. The molecule has 0 N–H and O–H groups in total. The standard InChI is InChI=1S/C34H22N2/c1-2-9-23(10-3-1)30-22-32(36-31-19-18-24-11-4-5-16-28(24)33(30)31)27-14-6-13-26(21-27)29-17-7-12-25-15-8-20-35-34(25)29/h1-22H. The summed E-state index contributed by atoms with van der Waals surface area (Å²) in [5, 5.41) is 4.78. The summed E-state index contributed by atoms with van der Waals surface area (Å²) in [6.07, 6.45) is 1.86. The van der Waals surface area contributed by atoms with Crippen LogP contribution in [0.5, 0.6) is 0 Å². The van der Waals surface area contributed by atoms with E-state index < -0.39 is 0 Å². The first kappa shape index (κ1) is 20.5. The van der Waals surface area contributed by atoms with Gasteiger partial charge in [-0.25, -0.2) is 4.98 Å². The summed E-state index contributed by atoms with van der Waals surface area (Å²) < 4.78 is 0. The molecule has 5 aromatic carbocycles. The van der Waals surface area contributed by atoms with E-state index in [1.54, 1.807) is 0 Å². The van der Waals surface area contributed by atoms with Crippen LogP contribution in [0.4, 0.5) is 0 Å². The minimum Gasteiger partial charge on any atom is -0.256 e. The van der Waals surface area contributed by atoms with Gasteiger partial charge in [-0.05, 0) is 51.7 Å². The number of hydrogen-bond donors (Lipinski definition) is 0. The van der Waals surface area contributed by atoms with Crippen molar-refractivity contribution in [2.75, 3.05) is 0 Å². The Hall–Kier alpha value is -4.82. The van der Waals surface area contributed by atoms with Crippen LogP contribution in [0, 0.1) is 0 Å². The van der Waals surface area contributed by atoms with Crippen LogP contribution in [0.15, 0.2) is 134 Å². The Morgan fingerprint density at radius 2 is 1.22 bits per heavy atom. The number of nitrogens with zero attached hydrogens (tertiary/aromatic N) is 2. The van der Waals surface area contributed by atoms with Crippen molar-refractivity contribution in [1.29, 1.82) is 0 Å². The lowest BCUT2D eigenvalue weighted by Crippen LogP contribution is -1.92. The Morgan fingerprint density at radius 3 is 2.17 bits per heavy atom. The molecule has 0 atom stereocenters. The van der Waals surface area contributed by atoms with Crippen LogP contribution >= 0.6 is 0 Å². The molecule has 0 amide bonds. The van der Waals surface area contributed by atoms with Crippen LogP contribution in [-0.2, 0) is 0 Å². The van der Waals surface area contributed by atoms with Crippen molar-refractivity contribution in [2.45, 2.75) is 0 Å². The van der Waals surface area contributed by atoms with Gasteiger partial charge in [0.05, 0.1) is 16.7 Å². The van der Waals surface area contributed by atoms with Crippen molar-refractivity contribution in [1.82, 2.24) is 9.97 Å². The molecule has 2 heteroatoms. The first-order chi connectivity index (χ1) is 17.8. The monoisotopic (exact) mass is 458 g/mol. The van der Waals surface area contributed by atoms with Gasteiger partial charge in [0.15, 0.2) is 0 Å². The van der Waals surface area contributed by atoms with Gasteiger partial charge < -0.3 is 0 Å². The average Bonchev–Trinajstić information content (AvgIpc) is 2.96. The lowest BCUT2D eigenvalue weighted by atomic mass is 9.93. The zero-order valence-electron chi connectivity index (χ0n) is 19.6. The van der Waals surface area contributed by atoms with Crippen molar-refractivity contribution in [2.24, 2.45) is 0 Å². The molecule has 2 nitrogen and oxygen atoms in total. The number of rotatable bonds is 3. The van der Waals surface area contributed by atoms with Crippen LogP contribution in [0.2, 0.25) is 0 Å². The third-order valence-electron chi connectivity index (χ3n) is 6.89. The van der Waals surface area contributed by atoms with Crippen LogP contribution in [-0.4, -0.2) is 9.97 Å². The quantitative estimate of drug-likeness (QED) is 0.247. The second-order valence-electron chi connectivity index (χ2n) is 9.06. The molecule has 36 heavy (non-hydrogen) atoms. The van der Waals surface area contributed by atoms with Crippen molar-refractivity contribution in [3.8, 4) is 33.5 Å². The second-order valence-corrected chi connectivity index (χ2v) is 9.06. The topological polar surface area (TPSA) is 25.8 Å².